The van der Waals surface area contributed by atoms with E-state index < -0.39 is 0 Å². The van der Waals surface area contributed by atoms with Crippen molar-refractivity contribution in [3.05, 3.63) is 59.1 Å². The molecule has 0 saturated heterocycles. The zero-order valence-electron chi connectivity index (χ0n) is 22.3. The maximum absolute atomic E-state index is 5.97. The topological polar surface area (TPSA) is 31.4 Å². The van der Waals surface area contributed by atoms with Crippen LogP contribution in [-0.4, -0.2) is 25.3 Å². The van der Waals surface area contributed by atoms with Gasteiger partial charge in [-0.05, 0) is 110 Å². The zero-order valence-corrected chi connectivity index (χ0v) is 22.3. The Labute approximate surface area is 207 Å². The van der Waals surface area contributed by atoms with Gasteiger partial charge in [-0.1, -0.05) is 38.5 Å². The molecule has 1 aromatic heterocycles. The number of methoxy groups -OCH3 is 1. The van der Waals surface area contributed by atoms with Crippen LogP contribution in [0.3, 0.4) is 0 Å². The summed E-state index contributed by atoms with van der Waals surface area (Å²) in [5, 5.41) is 0. The van der Waals surface area contributed by atoms with Gasteiger partial charge in [-0.3, -0.25) is 4.98 Å². The molecule has 0 radical (unpaired) electrons. The normalized spacial score (nSPS) is 34.1. The van der Waals surface area contributed by atoms with Crippen molar-refractivity contribution in [3.8, 4) is 0 Å². The molecule has 1 saturated carbocycles. The summed E-state index contributed by atoms with van der Waals surface area (Å²) in [6.07, 6.45) is 17.7. The average molecular weight is 464 g/mol. The lowest BCUT2D eigenvalue weighted by molar-refractivity contribution is -0.00850. The molecule has 4 aliphatic rings. The molecular formula is C31H45NO2. The van der Waals surface area contributed by atoms with Crippen LogP contribution in [-0.2, 0) is 9.47 Å². The summed E-state index contributed by atoms with van der Waals surface area (Å²) in [6.45, 7) is 13.2. The SMILES string of the molecule is CCOC.CCOC1=CC2=C(CC)CC3C4CC=C(c5cccnc5)C4(C)CCC3C2(C)CC1. The minimum Gasteiger partial charge on any atom is -0.498 e. The monoisotopic (exact) mass is 463 g/mol. The number of ether oxygens (including phenoxy) is 2. The minimum absolute atomic E-state index is 0.303. The highest BCUT2D eigenvalue weighted by atomic mass is 16.5. The van der Waals surface area contributed by atoms with E-state index in [9.17, 15) is 0 Å². The molecule has 0 bridgehead atoms. The molecule has 3 nitrogen and oxygen atoms in total. The molecule has 186 valence electrons. The van der Waals surface area contributed by atoms with Gasteiger partial charge >= 0.3 is 0 Å². The van der Waals surface area contributed by atoms with Crippen molar-refractivity contribution in [3.63, 3.8) is 0 Å². The number of fused-ring (bicyclic) bond motifs is 5. The molecule has 1 fully saturated rings. The summed E-state index contributed by atoms with van der Waals surface area (Å²) in [5.41, 5.74) is 6.89. The number of pyridine rings is 1. The lowest BCUT2D eigenvalue weighted by Gasteiger charge is -2.58. The summed E-state index contributed by atoms with van der Waals surface area (Å²) in [7, 11) is 1.68. The highest BCUT2D eigenvalue weighted by Crippen LogP contribution is 2.67. The molecule has 0 N–H and O–H groups in total. The van der Waals surface area contributed by atoms with Crippen LogP contribution in [0.15, 0.2) is 53.6 Å². The Balaban J connectivity index is 0.000000636. The van der Waals surface area contributed by atoms with Gasteiger partial charge in [0, 0.05) is 32.5 Å². The van der Waals surface area contributed by atoms with Gasteiger partial charge in [0.1, 0.15) is 0 Å². The largest absolute Gasteiger partial charge is 0.498 e. The minimum atomic E-state index is 0.303. The highest BCUT2D eigenvalue weighted by Gasteiger charge is 2.57. The van der Waals surface area contributed by atoms with Crippen molar-refractivity contribution >= 4 is 5.57 Å². The number of allylic oxidation sites excluding steroid dienone is 6. The standard InChI is InChI=1S/C28H37NO.C3H8O/c1-5-19-16-22-24-10-9-23(20-8-7-15-29-18-20)27(24,3)14-12-25(22)28(4)13-11-21(30-6-2)17-26(19)28;1-3-4-2/h7-9,15,17-18,22,24-25H,5-6,10-14,16H2,1-4H3;3H2,1-2H3. The average Bonchev–Trinajstić information content (AvgIpc) is 3.22. The van der Waals surface area contributed by atoms with Crippen LogP contribution in [0.4, 0.5) is 0 Å². The van der Waals surface area contributed by atoms with Gasteiger partial charge in [0.05, 0.1) is 12.4 Å². The summed E-state index contributed by atoms with van der Waals surface area (Å²) >= 11 is 0. The number of rotatable bonds is 5. The van der Waals surface area contributed by atoms with Crippen molar-refractivity contribution < 1.29 is 9.47 Å². The Morgan fingerprint density at radius 3 is 2.50 bits per heavy atom. The van der Waals surface area contributed by atoms with Crippen molar-refractivity contribution in [2.24, 2.45) is 28.6 Å². The Morgan fingerprint density at radius 1 is 1.06 bits per heavy atom. The Morgan fingerprint density at radius 2 is 1.85 bits per heavy atom. The quantitative estimate of drug-likeness (QED) is 0.443. The van der Waals surface area contributed by atoms with Crippen molar-refractivity contribution in [1.29, 1.82) is 0 Å². The third kappa shape index (κ3) is 4.30. The lowest BCUT2D eigenvalue weighted by Crippen LogP contribution is -2.49. The number of hydrogen-bond acceptors (Lipinski definition) is 3. The van der Waals surface area contributed by atoms with E-state index in [-0.39, 0.29) is 0 Å². The molecule has 1 heterocycles. The maximum Gasteiger partial charge on any atom is 0.0962 e. The molecule has 0 amide bonds. The van der Waals surface area contributed by atoms with Gasteiger partial charge in [0.15, 0.2) is 0 Å². The number of hydrogen-bond donors (Lipinski definition) is 0. The van der Waals surface area contributed by atoms with Gasteiger partial charge in [-0.2, -0.15) is 0 Å². The molecular weight excluding hydrogens is 418 g/mol. The van der Waals surface area contributed by atoms with Gasteiger partial charge < -0.3 is 9.47 Å². The predicted molar refractivity (Wildman–Crippen MR) is 141 cm³/mol. The van der Waals surface area contributed by atoms with Crippen LogP contribution in [0.2, 0.25) is 0 Å². The van der Waals surface area contributed by atoms with E-state index in [0.29, 0.717) is 10.8 Å². The maximum atomic E-state index is 5.97. The third-order valence-corrected chi connectivity index (χ3v) is 9.53. The van der Waals surface area contributed by atoms with Crippen LogP contribution < -0.4 is 0 Å². The first-order chi connectivity index (χ1) is 16.4. The molecule has 0 aromatic carbocycles. The summed E-state index contributed by atoms with van der Waals surface area (Å²) in [5.74, 6) is 3.60. The second-order valence-electron chi connectivity index (χ2n) is 11.0. The summed E-state index contributed by atoms with van der Waals surface area (Å²) in [4.78, 5) is 4.43. The van der Waals surface area contributed by atoms with Gasteiger partial charge in [0.2, 0.25) is 0 Å². The summed E-state index contributed by atoms with van der Waals surface area (Å²) in [6, 6.07) is 4.35. The first-order valence-corrected chi connectivity index (χ1v) is 13.6. The molecule has 5 atom stereocenters. The molecule has 5 unspecified atom stereocenters. The third-order valence-electron chi connectivity index (χ3n) is 9.53. The smallest absolute Gasteiger partial charge is 0.0962 e. The van der Waals surface area contributed by atoms with E-state index in [4.69, 9.17) is 4.74 Å². The fourth-order valence-corrected chi connectivity index (χ4v) is 7.74. The van der Waals surface area contributed by atoms with E-state index in [2.05, 4.69) is 67.9 Å². The van der Waals surface area contributed by atoms with Gasteiger partial charge in [-0.25, -0.2) is 0 Å². The van der Waals surface area contributed by atoms with E-state index in [1.165, 1.54) is 49.8 Å². The lowest BCUT2D eigenvalue weighted by atomic mass is 9.46. The molecule has 3 heteroatoms. The molecule has 0 spiro atoms. The van der Waals surface area contributed by atoms with Crippen molar-refractivity contribution in [2.45, 2.75) is 79.6 Å². The van der Waals surface area contributed by atoms with Crippen molar-refractivity contribution in [2.75, 3.05) is 20.3 Å². The first kappa shape index (κ1) is 25.2. The van der Waals surface area contributed by atoms with Crippen LogP contribution in [0.1, 0.15) is 85.1 Å². The second kappa shape index (κ2) is 10.4. The van der Waals surface area contributed by atoms with E-state index >= 15 is 0 Å². The number of nitrogens with zero attached hydrogens (tertiary/aromatic N) is 1. The Kier molecular flexibility index (Phi) is 7.72. The van der Waals surface area contributed by atoms with Crippen LogP contribution >= 0.6 is 0 Å². The number of aromatic nitrogens is 1. The van der Waals surface area contributed by atoms with Gasteiger partial charge in [0.25, 0.3) is 0 Å². The molecule has 5 rings (SSSR count). The molecule has 0 aliphatic heterocycles. The summed E-state index contributed by atoms with van der Waals surface area (Å²) < 4.78 is 10.5. The molecule has 1 aromatic rings. The Hall–Kier alpha value is -1.87. The van der Waals surface area contributed by atoms with Gasteiger partial charge in [-0.15, -0.1) is 0 Å². The highest BCUT2D eigenvalue weighted by molar-refractivity contribution is 5.72. The fraction of sp³-hybridized carbons (Fsp3) is 0.645. The molecule has 34 heavy (non-hydrogen) atoms. The second-order valence-corrected chi connectivity index (χ2v) is 11.0. The van der Waals surface area contributed by atoms with Crippen LogP contribution in [0.5, 0.6) is 0 Å². The predicted octanol–water partition coefficient (Wildman–Crippen LogP) is 8.00. The Bertz CT molecular complexity index is 943. The van der Waals surface area contributed by atoms with Crippen LogP contribution in [0.25, 0.3) is 5.57 Å². The van der Waals surface area contributed by atoms with Crippen molar-refractivity contribution in [1.82, 2.24) is 4.98 Å². The fourth-order valence-electron chi connectivity index (χ4n) is 7.74. The zero-order chi connectivity index (χ0) is 24.3. The first-order valence-electron chi connectivity index (χ1n) is 13.6. The van der Waals surface area contributed by atoms with E-state index in [1.807, 2.05) is 13.1 Å². The van der Waals surface area contributed by atoms with E-state index in [0.717, 1.165) is 37.4 Å². The van der Waals surface area contributed by atoms with E-state index in [1.54, 1.807) is 23.8 Å². The molecule has 4 aliphatic carbocycles. The van der Waals surface area contributed by atoms with Crippen LogP contribution in [0, 0.1) is 28.6 Å².